The van der Waals surface area contributed by atoms with Gasteiger partial charge in [0.05, 0.1) is 6.10 Å². The van der Waals surface area contributed by atoms with Crippen molar-refractivity contribution in [1.82, 2.24) is 5.32 Å². The predicted octanol–water partition coefficient (Wildman–Crippen LogP) is 3.68. The molecule has 0 saturated heterocycles. The van der Waals surface area contributed by atoms with Crippen LogP contribution in [0.1, 0.15) is 53.5 Å². The first-order valence-corrected chi connectivity index (χ1v) is 8.36. The van der Waals surface area contributed by atoms with Crippen LogP contribution in [0.15, 0.2) is 24.3 Å². The van der Waals surface area contributed by atoms with Gasteiger partial charge in [-0.25, -0.2) is 0 Å². The molecule has 0 heterocycles. The fraction of sp³-hybridized carbons (Fsp3) is 0.632. The van der Waals surface area contributed by atoms with Crippen molar-refractivity contribution >= 4 is 5.91 Å². The van der Waals surface area contributed by atoms with Crippen LogP contribution in [0.3, 0.4) is 0 Å². The molecule has 0 aliphatic carbocycles. The Morgan fingerprint density at radius 1 is 1.13 bits per heavy atom. The quantitative estimate of drug-likeness (QED) is 0.743. The van der Waals surface area contributed by atoms with Gasteiger partial charge in [0.1, 0.15) is 5.75 Å². The number of rotatable bonds is 8. The highest BCUT2D eigenvalue weighted by atomic mass is 16.5. The first-order chi connectivity index (χ1) is 10.7. The van der Waals surface area contributed by atoms with E-state index in [-0.39, 0.29) is 17.4 Å². The molecule has 0 aromatic heterocycles. The van der Waals surface area contributed by atoms with Gasteiger partial charge in [-0.1, -0.05) is 32.9 Å². The molecule has 0 aliphatic heterocycles. The predicted molar refractivity (Wildman–Crippen MR) is 93.9 cm³/mol. The van der Waals surface area contributed by atoms with Crippen molar-refractivity contribution in [3.8, 4) is 5.75 Å². The molecule has 0 radical (unpaired) electrons. The van der Waals surface area contributed by atoms with E-state index in [0.29, 0.717) is 18.9 Å². The summed E-state index contributed by atoms with van der Waals surface area (Å²) in [5.74, 6) is 0.609. The number of benzene rings is 1. The highest BCUT2D eigenvalue weighted by Gasteiger charge is 2.16. The third kappa shape index (κ3) is 7.51. The zero-order valence-electron chi connectivity index (χ0n) is 15.3. The van der Waals surface area contributed by atoms with Gasteiger partial charge in [-0.3, -0.25) is 4.79 Å². The van der Waals surface area contributed by atoms with E-state index in [1.54, 1.807) is 6.92 Å². The van der Waals surface area contributed by atoms with Crippen molar-refractivity contribution in [3.05, 3.63) is 29.8 Å². The monoisotopic (exact) mass is 321 g/mol. The minimum absolute atomic E-state index is 0.102. The van der Waals surface area contributed by atoms with Gasteiger partial charge in [-0.2, -0.15) is 0 Å². The maximum absolute atomic E-state index is 12.0. The molecule has 130 valence electrons. The van der Waals surface area contributed by atoms with E-state index < -0.39 is 6.10 Å². The Labute approximate surface area is 140 Å². The Kier molecular flexibility index (Phi) is 7.56. The Balaban J connectivity index is 2.37. The second-order valence-electron chi connectivity index (χ2n) is 7.10. The third-order valence-corrected chi connectivity index (χ3v) is 3.47. The van der Waals surface area contributed by atoms with E-state index in [4.69, 9.17) is 9.47 Å². The highest BCUT2D eigenvalue weighted by Crippen LogP contribution is 2.24. The van der Waals surface area contributed by atoms with Crippen LogP contribution in [0, 0.1) is 0 Å². The normalized spacial score (nSPS) is 13.0. The van der Waals surface area contributed by atoms with Crippen LogP contribution in [0.2, 0.25) is 0 Å². The van der Waals surface area contributed by atoms with Gasteiger partial charge in [-0.05, 0) is 50.3 Å². The fourth-order valence-corrected chi connectivity index (χ4v) is 2.04. The fourth-order valence-electron chi connectivity index (χ4n) is 2.04. The van der Waals surface area contributed by atoms with E-state index in [1.807, 2.05) is 38.1 Å². The Bertz CT molecular complexity index is 474. The summed E-state index contributed by atoms with van der Waals surface area (Å²) >= 11 is 0. The average molecular weight is 321 g/mol. The molecule has 0 fully saturated rings. The van der Waals surface area contributed by atoms with Crippen LogP contribution in [0.4, 0.5) is 0 Å². The Morgan fingerprint density at radius 2 is 1.74 bits per heavy atom. The number of ether oxygens (including phenoxy) is 2. The lowest BCUT2D eigenvalue weighted by Gasteiger charge is -2.20. The van der Waals surface area contributed by atoms with Gasteiger partial charge < -0.3 is 14.8 Å². The maximum atomic E-state index is 12.0. The topological polar surface area (TPSA) is 47.6 Å². The minimum atomic E-state index is -0.512. The SMILES string of the molecule is CC(C)OCCCNC(=O)[C@@H](C)Oc1ccc(C(C)(C)C)cc1. The molecule has 4 heteroatoms. The van der Waals surface area contributed by atoms with E-state index in [1.165, 1.54) is 5.56 Å². The van der Waals surface area contributed by atoms with E-state index in [2.05, 4.69) is 26.1 Å². The molecule has 0 aliphatic rings. The minimum Gasteiger partial charge on any atom is -0.481 e. The number of nitrogens with one attached hydrogen (secondary N) is 1. The van der Waals surface area contributed by atoms with Crippen LogP contribution in [-0.4, -0.2) is 31.3 Å². The van der Waals surface area contributed by atoms with Crippen molar-refractivity contribution in [2.75, 3.05) is 13.2 Å². The molecule has 0 saturated carbocycles. The van der Waals surface area contributed by atoms with Crippen molar-refractivity contribution in [2.24, 2.45) is 0 Å². The lowest BCUT2D eigenvalue weighted by molar-refractivity contribution is -0.127. The molecule has 1 amide bonds. The summed E-state index contributed by atoms with van der Waals surface area (Å²) in [6.45, 7) is 13.5. The molecular weight excluding hydrogens is 290 g/mol. The molecule has 1 aromatic rings. The second kappa shape index (κ2) is 8.92. The number of carbonyl (C=O) groups is 1. The maximum Gasteiger partial charge on any atom is 0.260 e. The van der Waals surface area contributed by atoms with Crippen molar-refractivity contribution in [1.29, 1.82) is 0 Å². The first kappa shape index (κ1) is 19.5. The summed E-state index contributed by atoms with van der Waals surface area (Å²) in [6, 6.07) is 7.92. The lowest BCUT2D eigenvalue weighted by Crippen LogP contribution is -2.37. The number of carbonyl (C=O) groups excluding carboxylic acids is 1. The molecule has 1 atom stereocenters. The summed E-state index contributed by atoms with van der Waals surface area (Å²) in [4.78, 5) is 12.0. The van der Waals surface area contributed by atoms with Gasteiger partial charge >= 0.3 is 0 Å². The van der Waals surface area contributed by atoms with Crippen LogP contribution in [0.5, 0.6) is 5.75 Å². The smallest absolute Gasteiger partial charge is 0.260 e. The molecule has 1 aromatic carbocycles. The van der Waals surface area contributed by atoms with Crippen LogP contribution < -0.4 is 10.1 Å². The van der Waals surface area contributed by atoms with Crippen molar-refractivity contribution in [3.63, 3.8) is 0 Å². The molecule has 23 heavy (non-hydrogen) atoms. The van der Waals surface area contributed by atoms with Crippen LogP contribution >= 0.6 is 0 Å². The van der Waals surface area contributed by atoms with Gasteiger partial charge in [0.25, 0.3) is 5.91 Å². The number of hydrogen-bond acceptors (Lipinski definition) is 3. The Morgan fingerprint density at radius 3 is 2.26 bits per heavy atom. The van der Waals surface area contributed by atoms with Gasteiger partial charge in [-0.15, -0.1) is 0 Å². The molecular formula is C19H31NO3. The van der Waals surface area contributed by atoms with Crippen LogP contribution in [0.25, 0.3) is 0 Å². The molecule has 4 nitrogen and oxygen atoms in total. The number of hydrogen-bond donors (Lipinski definition) is 1. The first-order valence-electron chi connectivity index (χ1n) is 8.36. The van der Waals surface area contributed by atoms with Gasteiger partial charge in [0, 0.05) is 13.2 Å². The van der Waals surface area contributed by atoms with E-state index in [9.17, 15) is 4.79 Å². The van der Waals surface area contributed by atoms with Gasteiger partial charge in [0.15, 0.2) is 6.10 Å². The molecule has 1 N–H and O–H groups in total. The Hall–Kier alpha value is -1.55. The van der Waals surface area contributed by atoms with E-state index in [0.717, 1.165) is 6.42 Å². The zero-order chi connectivity index (χ0) is 17.5. The summed E-state index contributed by atoms with van der Waals surface area (Å²) in [7, 11) is 0. The molecule has 0 bridgehead atoms. The average Bonchev–Trinajstić information content (AvgIpc) is 2.46. The lowest BCUT2D eigenvalue weighted by atomic mass is 9.87. The summed E-state index contributed by atoms with van der Waals surface area (Å²) in [5.41, 5.74) is 1.35. The summed E-state index contributed by atoms with van der Waals surface area (Å²) in [6.07, 6.45) is 0.516. The van der Waals surface area contributed by atoms with Crippen LogP contribution in [-0.2, 0) is 14.9 Å². The second-order valence-corrected chi connectivity index (χ2v) is 7.10. The standard InChI is InChI=1S/C19H31NO3/c1-14(2)22-13-7-12-20-18(21)15(3)23-17-10-8-16(9-11-17)19(4,5)6/h8-11,14-15H,7,12-13H2,1-6H3,(H,20,21)/t15-/m1/s1. The summed E-state index contributed by atoms with van der Waals surface area (Å²) in [5, 5.41) is 2.87. The zero-order valence-corrected chi connectivity index (χ0v) is 15.3. The molecule has 0 unspecified atom stereocenters. The number of amides is 1. The largest absolute Gasteiger partial charge is 0.481 e. The van der Waals surface area contributed by atoms with Crippen molar-refractivity contribution < 1.29 is 14.3 Å². The third-order valence-electron chi connectivity index (χ3n) is 3.47. The van der Waals surface area contributed by atoms with Gasteiger partial charge in [0.2, 0.25) is 0 Å². The molecule has 0 spiro atoms. The summed E-state index contributed by atoms with van der Waals surface area (Å²) < 4.78 is 11.1. The van der Waals surface area contributed by atoms with E-state index >= 15 is 0 Å². The molecule has 1 rings (SSSR count). The highest BCUT2D eigenvalue weighted by molar-refractivity contribution is 5.80. The van der Waals surface area contributed by atoms with Crippen molar-refractivity contribution in [2.45, 2.75) is 65.6 Å².